The van der Waals surface area contributed by atoms with Crippen LogP contribution in [-0.2, 0) is 14.1 Å². The third-order valence-electron chi connectivity index (χ3n) is 1.86. The summed E-state index contributed by atoms with van der Waals surface area (Å²) in [6.45, 7) is 5.90. The molecule has 0 unspecified atom stereocenters. The van der Waals surface area contributed by atoms with Crippen molar-refractivity contribution in [1.29, 1.82) is 0 Å². The number of imidazole rings is 1. The van der Waals surface area contributed by atoms with Crippen LogP contribution in [0.5, 0.6) is 0 Å². The number of hydrogen-bond donors (Lipinski definition) is 0. The van der Waals surface area contributed by atoms with Gasteiger partial charge in [0.05, 0.1) is 0 Å². The molecule has 72 valence electrons. The smallest absolute Gasteiger partial charge is 0.229 e. The van der Waals surface area contributed by atoms with Gasteiger partial charge in [-0.1, -0.05) is 0 Å². The Morgan fingerprint density at radius 3 is 2.31 bits per heavy atom. The van der Waals surface area contributed by atoms with Gasteiger partial charge in [0.1, 0.15) is 0 Å². The van der Waals surface area contributed by atoms with Gasteiger partial charge in [0.25, 0.3) is 0 Å². The van der Waals surface area contributed by atoms with E-state index in [1.165, 1.54) is 5.69 Å². The van der Waals surface area contributed by atoms with Gasteiger partial charge >= 0.3 is 0 Å². The molecule has 0 saturated heterocycles. The molecule has 13 heavy (non-hydrogen) atoms. The standard InChI is InChI=1S/C9H16N4/c1-7(2)10-11-9-12(4)6-8(3)13(9)5/h6H,1-5H3. The predicted octanol–water partition coefficient (Wildman–Crippen LogP) is 0.969. The molecule has 0 amide bonds. The van der Waals surface area contributed by atoms with Crippen molar-refractivity contribution in [2.45, 2.75) is 20.8 Å². The topological polar surface area (TPSA) is 34.6 Å². The third-order valence-corrected chi connectivity index (χ3v) is 1.86. The molecule has 0 fully saturated rings. The van der Waals surface area contributed by atoms with Gasteiger partial charge in [-0.15, -0.1) is 5.10 Å². The second-order valence-corrected chi connectivity index (χ2v) is 3.39. The quantitative estimate of drug-likeness (QED) is 0.456. The molecule has 0 aliphatic rings. The lowest BCUT2D eigenvalue weighted by atomic mass is 10.5. The molecule has 1 aromatic rings. The van der Waals surface area contributed by atoms with Crippen LogP contribution < -0.4 is 5.62 Å². The van der Waals surface area contributed by atoms with Gasteiger partial charge in [-0.05, 0) is 20.8 Å². The summed E-state index contributed by atoms with van der Waals surface area (Å²) in [4.78, 5) is 0. The lowest BCUT2D eigenvalue weighted by Gasteiger charge is -1.93. The van der Waals surface area contributed by atoms with Gasteiger partial charge in [-0.25, -0.2) is 0 Å². The van der Waals surface area contributed by atoms with E-state index in [0.717, 1.165) is 11.3 Å². The highest BCUT2D eigenvalue weighted by atomic mass is 15.3. The number of aryl methyl sites for hydroxylation is 2. The van der Waals surface area contributed by atoms with Crippen molar-refractivity contribution in [3.63, 3.8) is 0 Å². The summed E-state index contributed by atoms with van der Waals surface area (Å²) in [5.41, 5.74) is 2.99. The normalized spacial score (nSPS) is 11.9. The van der Waals surface area contributed by atoms with E-state index in [1.807, 2.05) is 50.2 Å². The Hall–Kier alpha value is -1.32. The molecule has 4 heteroatoms. The molecule has 0 saturated carbocycles. The molecular formula is C9H16N4. The Morgan fingerprint density at radius 1 is 1.31 bits per heavy atom. The first-order chi connectivity index (χ1) is 6.02. The second kappa shape index (κ2) is 3.60. The summed E-state index contributed by atoms with van der Waals surface area (Å²) in [6, 6.07) is 0. The third kappa shape index (κ3) is 2.08. The van der Waals surface area contributed by atoms with Crippen LogP contribution in [0.1, 0.15) is 19.5 Å². The maximum atomic E-state index is 4.14. The van der Waals surface area contributed by atoms with E-state index < -0.39 is 0 Å². The zero-order valence-corrected chi connectivity index (χ0v) is 8.87. The molecule has 4 nitrogen and oxygen atoms in total. The van der Waals surface area contributed by atoms with Crippen molar-refractivity contribution in [2.24, 2.45) is 24.3 Å². The molecule has 1 heterocycles. The summed E-state index contributed by atoms with van der Waals surface area (Å²) < 4.78 is 3.97. The van der Waals surface area contributed by atoms with Crippen LogP contribution in [0.3, 0.4) is 0 Å². The van der Waals surface area contributed by atoms with Gasteiger partial charge in [-0.2, -0.15) is 5.10 Å². The average molecular weight is 180 g/mol. The van der Waals surface area contributed by atoms with Crippen LogP contribution >= 0.6 is 0 Å². The first-order valence-corrected chi connectivity index (χ1v) is 4.26. The Bertz CT molecular complexity index is 388. The Morgan fingerprint density at radius 2 is 1.92 bits per heavy atom. The molecule has 0 aliphatic carbocycles. The van der Waals surface area contributed by atoms with Gasteiger partial charge in [0.15, 0.2) is 0 Å². The number of aromatic nitrogens is 2. The van der Waals surface area contributed by atoms with Gasteiger partial charge < -0.3 is 9.13 Å². The molecule has 0 radical (unpaired) electrons. The van der Waals surface area contributed by atoms with Crippen molar-refractivity contribution in [3.05, 3.63) is 17.5 Å². The van der Waals surface area contributed by atoms with Crippen molar-refractivity contribution >= 4 is 5.71 Å². The minimum absolute atomic E-state index is 0.860. The lowest BCUT2D eigenvalue weighted by molar-refractivity contribution is 0.719. The monoisotopic (exact) mass is 180 g/mol. The van der Waals surface area contributed by atoms with E-state index in [4.69, 9.17) is 0 Å². The maximum Gasteiger partial charge on any atom is 0.229 e. The zero-order valence-electron chi connectivity index (χ0n) is 8.87. The molecule has 0 aliphatic heterocycles. The maximum absolute atomic E-state index is 4.14. The summed E-state index contributed by atoms with van der Waals surface area (Å²) in [5.74, 6) is 0. The summed E-state index contributed by atoms with van der Waals surface area (Å²) in [7, 11) is 3.95. The van der Waals surface area contributed by atoms with Gasteiger partial charge in [-0.3, -0.25) is 0 Å². The highest BCUT2D eigenvalue weighted by Crippen LogP contribution is 1.89. The number of rotatable bonds is 1. The highest BCUT2D eigenvalue weighted by molar-refractivity contribution is 5.78. The van der Waals surface area contributed by atoms with Crippen molar-refractivity contribution in [2.75, 3.05) is 0 Å². The van der Waals surface area contributed by atoms with Crippen LogP contribution in [0.25, 0.3) is 0 Å². The highest BCUT2D eigenvalue weighted by Gasteiger charge is 1.97. The average Bonchev–Trinajstić information content (AvgIpc) is 2.24. The fraction of sp³-hybridized carbons (Fsp3) is 0.556. The minimum Gasteiger partial charge on any atom is -0.319 e. The molecule has 0 aromatic carbocycles. The zero-order chi connectivity index (χ0) is 10.0. The summed E-state index contributed by atoms with van der Waals surface area (Å²) in [5, 5.41) is 8.17. The van der Waals surface area contributed by atoms with Gasteiger partial charge in [0, 0.05) is 31.7 Å². The van der Waals surface area contributed by atoms with E-state index in [-0.39, 0.29) is 0 Å². The Kier molecular flexibility index (Phi) is 2.70. The number of nitrogens with zero attached hydrogens (tertiary/aromatic N) is 4. The second-order valence-electron chi connectivity index (χ2n) is 3.39. The first-order valence-electron chi connectivity index (χ1n) is 4.26. The van der Waals surface area contributed by atoms with E-state index in [2.05, 4.69) is 10.2 Å². The largest absolute Gasteiger partial charge is 0.319 e. The molecule has 0 spiro atoms. The fourth-order valence-electron chi connectivity index (χ4n) is 1.10. The summed E-state index contributed by atoms with van der Waals surface area (Å²) in [6.07, 6.45) is 2.03. The number of hydrogen-bond acceptors (Lipinski definition) is 2. The minimum atomic E-state index is 0.860. The van der Waals surface area contributed by atoms with E-state index in [9.17, 15) is 0 Å². The van der Waals surface area contributed by atoms with Gasteiger partial charge in [0.2, 0.25) is 5.62 Å². The Balaban J connectivity index is 3.29. The molecule has 0 N–H and O–H groups in total. The molecule has 1 aromatic heterocycles. The lowest BCUT2D eigenvalue weighted by Crippen LogP contribution is -2.21. The van der Waals surface area contributed by atoms with E-state index >= 15 is 0 Å². The molecular weight excluding hydrogens is 164 g/mol. The fourth-order valence-corrected chi connectivity index (χ4v) is 1.10. The van der Waals surface area contributed by atoms with Crippen LogP contribution in [-0.4, -0.2) is 14.8 Å². The molecule has 0 bridgehead atoms. The van der Waals surface area contributed by atoms with Crippen LogP contribution in [0, 0.1) is 6.92 Å². The van der Waals surface area contributed by atoms with Crippen molar-refractivity contribution in [1.82, 2.24) is 9.13 Å². The van der Waals surface area contributed by atoms with Crippen molar-refractivity contribution < 1.29 is 0 Å². The SMILES string of the molecule is CC(C)=NN=c1n(C)cc(C)n1C. The predicted molar refractivity (Wildman–Crippen MR) is 53.5 cm³/mol. The van der Waals surface area contributed by atoms with Crippen molar-refractivity contribution in [3.8, 4) is 0 Å². The van der Waals surface area contributed by atoms with E-state index in [0.29, 0.717) is 0 Å². The van der Waals surface area contributed by atoms with Crippen LogP contribution in [0.15, 0.2) is 16.4 Å². The molecule has 0 atom stereocenters. The first kappa shape index (κ1) is 9.77. The Labute approximate surface area is 78.2 Å². The van der Waals surface area contributed by atoms with Crippen LogP contribution in [0.4, 0.5) is 0 Å². The summed E-state index contributed by atoms with van der Waals surface area (Å²) >= 11 is 0. The van der Waals surface area contributed by atoms with E-state index in [1.54, 1.807) is 0 Å². The molecule has 1 rings (SSSR count). The van der Waals surface area contributed by atoms with Crippen LogP contribution in [0.2, 0.25) is 0 Å².